The van der Waals surface area contributed by atoms with Gasteiger partial charge in [0.1, 0.15) is 5.40 Å². The van der Waals surface area contributed by atoms with Crippen LogP contribution in [0.5, 0.6) is 0 Å². The summed E-state index contributed by atoms with van der Waals surface area (Å²) in [6.07, 6.45) is 5.57. The summed E-state index contributed by atoms with van der Waals surface area (Å²) in [5, 5.41) is 12.2. The van der Waals surface area contributed by atoms with E-state index in [0.29, 0.717) is 16.1 Å². The van der Waals surface area contributed by atoms with Crippen LogP contribution in [-0.2, 0) is 0 Å². The number of rotatable bonds is 2. The van der Waals surface area contributed by atoms with Crippen LogP contribution in [0.4, 0.5) is 0 Å². The molecule has 6 atom stereocenters. The fourth-order valence-electron chi connectivity index (χ4n) is 5.84. The maximum absolute atomic E-state index is 9.19. The molecule has 0 radical (unpaired) electrons. The van der Waals surface area contributed by atoms with Crippen molar-refractivity contribution in [2.24, 2.45) is 34.5 Å². The first-order valence-electron chi connectivity index (χ1n) is 7.47. The lowest BCUT2D eigenvalue weighted by Crippen LogP contribution is -2.57. The monoisotopic (exact) mass is 263 g/mol. The van der Waals surface area contributed by atoms with E-state index in [1.54, 1.807) is 11.8 Å². The molecule has 0 spiro atoms. The van der Waals surface area contributed by atoms with Gasteiger partial charge in [0.2, 0.25) is 0 Å². The van der Waals surface area contributed by atoms with Gasteiger partial charge in [-0.05, 0) is 71.9 Å². The second kappa shape index (κ2) is 3.92. The van der Waals surface area contributed by atoms with Crippen LogP contribution < -0.4 is 0 Å². The number of nitriles is 1. The SMILES string of the molecule is CC(C)[C@H]1CC2[C@]3(C)CC[C@@]2(C)C(SC#N)C1C3. The highest BCUT2D eigenvalue weighted by molar-refractivity contribution is 8.04. The van der Waals surface area contributed by atoms with Crippen molar-refractivity contribution in [3.8, 4) is 5.40 Å². The van der Waals surface area contributed by atoms with E-state index < -0.39 is 0 Å². The summed E-state index contributed by atoms with van der Waals surface area (Å²) in [5.41, 5.74) is 1.04. The van der Waals surface area contributed by atoms with Crippen LogP contribution >= 0.6 is 11.8 Å². The van der Waals surface area contributed by atoms with Crippen LogP contribution in [0.2, 0.25) is 0 Å². The highest BCUT2D eigenvalue weighted by atomic mass is 32.2. The fraction of sp³-hybridized carbons (Fsp3) is 0.938. The Morgan fingerprint density at radius 1 is 1.28 bits per heavy atom. The third kappa shape index (κ3) is 1.46. The van der Waals surface area contributed by atoms with Gasteiger partial charge in [0.25, 0.3) is 0 Å². The van der Waals surface area contributed by atoms with Crippen LogP contribution in [0.25, 0.3) is 0 Å². The molecule has 4 fully saturated rings. The Hall–Kier alpha value is -0.160. The van der Waals surface area contributed by atoms with Crippen LogP contribution in [0.15, 0.2) is 0 Å². The average molecular weight is 263 g/mol. The molecule has 1 nitrogen and oxygen atoms in total. The molecule has 4 aliphatic carbocycles. The number of thioether (sulfide) groups is 1. The van der Waals surface area contributed by atoms with E-state index in [1.807, 2.05) is 0 Å². The molecule has 0 aliphatic heterocycles. The molecule has 3 unspecified atom stereocenters. The van der Waals surface area contributed by atoms with Crippen molar-refractivity contribution >= 4 is 11.8 Å². The summed E-state index contributed by atoms with van der Waals surface area (Å²) in [6.45, 7) is 9.78. The first-order valence-corrected chi connectivity index (χ1v) is 8.35. The number of fused-ring (bicyclic) bond motifs is 1. The summed E-state index contributed by atoms with van der Waals surface area (Å²) < 4.78 is 0. The van der Waals surface area contributed by atoms with Gasteiger partial charge < -0.3 is 0 Å². The third-order valence-corrected chi connectivity index (χ3v) is 7.95. The quantitative estimate of drug-likeness (QED) is 0.675. The van der Waals surface area contributed by atoms with E-state index in [2.05, 4.69) is 33.1 Å². The van der Waals surface area contributed by atoms with Crippen LogP contribution in [0.1, 0.15) is 53.4 Å². The molecule has 0 amide bonds. The topological polar surface area (TPSA) is 23.8 Å². The van der Waals surface area contributed by atoms with Crippen LogP contribution in [0, 0.1) is 45.2 Å². The average Bonchev–Trinajstić information content (AvgIpc) is 2.52. The lowest BCUT2D eigenvalue weighted by Gasteiger charge is -2.61. The number of hydrogen-bond acceptors (Lipinski definition) is 2. The minimum Gasteiger partial charge on any atom is -0.185 e. The molecule has 4 bridgehead atoms. The van der Waals surface area contributed by atoms with E-state index in [9.17, 15) is 5.26 Å². The van der Waals surface area contributed by atoms with E-state index in [0.717, 1.165) is 23.7 Å². The Balaban J connectivity index is 2.00. The van der Waals surface area contributed by atoms with Crippen LogP contribution in [0.3, 0.4) is 0 Å². The smallest absolute Gasteiger partial charge is 0.133 e. The summed E-state index contributed by atoms with van der Waals surface area (Å²) in [7, 11) is 0. The third-order valence-electron chi connectivity index (χ3n) is 6.71. The summed E-state index contributed by atoms with van der Waals surface area (Å²) in [4.78, 5) is 0. The zero-order valence-corrected chi connectivity index (χ0v) is 12.9. The summed E-state index contributed by atoms with van der Waals surface area (Å²) >= 11 is 1.60. The summed E-state index contributed by atoms with van der Waals surface area (Å²) in [6, 6.07) is 0. The maximum atomic E-state index is 9.19. The molecule has 18 heavy (non-hydrogen) atoms. The lowest BCUT2D eigenvalue weighted by molar-refractivity contribution is -0.0757. The highest BCUT2D eigenvalue weighted by Crippen LogP contribution is 2.72. The standard InChI is InChI=1S/C16H25NS/c1-10(2)11-7-13-15(3)5-6-16(13,4)14(18-9-17)12(11)8-15/h10-14H,5-8H2,1-4H3/t11-,12?,13?,14?,15-,16-/m1/s1. The van der Waals surface area contributed by atoms with Gasteiger partial charge >= 0.3 is 0 Å². The number of thiocyanates is 1. The fourth-order valence-corrected chi connectivity index (χ4v) is 6.98. The van der Waals surface area contributed by atoms with Crippen molar-refractivity contribution in [1.29, 1.82) is 5.26 Å². The highest BCUT2D eigenvalue weighted by Gasteiger charge is 2.66. The Labute approximate surface area is 116 Å². The van der Waals surface area contributed by atoms with Crippen molar-refractivity contribution in [2.45, 2.75) is 58.6 Å². The van der Waals surface area contributed by atoms with Gasteiger partial charge in [-0.25, -0.2) is 0 Å². The number of nitrogens with zero attached hydrogens (tertiary/aromatic N) is 1. The Kier molecular flexibility index (Phi) is 2.80. The van der Waals surface area contributed by atoms with Gasteiger partial charge in [-0.3, -0.25) is 0 Å². The zero-order valence-electron chi connectivity index (χ0n) is 12.1. The second-order valence-corrected chi connectivity index (χ2v) is 8.78. The van der Waals surface area contributed by atoms with Gasteiger partial charge in [-0.2, -0.15) is 5.26 Å². The molecule has 0 aromatic heterocycles. The van der Waals surface area contributed by atoms with Gasteiger partial charge in [0.15, 0.2) is 0 Å². The Morgan fingerprint density at radius 2 is 2.00 bits per heavy atom. The van der Waals surface area contributed by atoms with Crippen molar-refractivity contribution in [2.75, 3.05) is 0 Å². The van der Waals surface area contributed by atoms with Gasteiger partial charge in [-0.1, -0.05) is 27.7 Å². The van der Waals surface area contributed by atoms with Gasteiger partial charge in [0.05, 0.1) is 0 Å². The largest absolute Gasteiger partial charge is 0.185 e. The van der Waals surface area contributed by atoms with E-state index >= 15 is 0 Å². The molecule has 0 N–H and O–H groups in total. The molecular weight excluding hydrogens is 238 g/mol. The molecule has 4 aliphatic rings. The van der Waals surface area contributed by atoms with Crippen LogP contribution in [-0.4, -0.2) is 5.25 Å². The lowest BCUT2D eigenvalue weighted by atomic mass is 9.47. The first-order chi connectivity index (χ1) is 8.42. The van der Waals surface area contributed by atoms with Crippen molar-refractivity contribution < 1.29 is 0 Å². The maximum Gasteiger partial charge on any atom is 0.133 e. The molecule has 4 rings (SSSR count). The normalized spacial score (nSPS) is 53.8. The molecular formula is C16H25NS. The Bertz CT molecular complexity index is 398. The van der Waals surface area contributed by atoms with Crippen molar-refractivity contribution in [3.63, 3.8) is 0 Å². The predicted molar refractivity (Wildman–Crippen MR) is 77.0 cm³/mol. The summed E-state index contributed by atoms with van der Waals surface area (Å²) in [5.74, 6) is 3.30. The van der Waals surface area contributed by atoms with Crippen molar-refractivity contribution in [1.82, 2.24) is 0 Å². The van der Waals surface area contributed by atoms with Crippen molar-refractivity contribution in [3.05, 3.63) is 0 Å². The molecule has 0 saturated heterocycles. The van der Waals surface area contributed by atoms with E-state index in [1.165, 1.54) is 25.7 Å². The second-order valence-electron chi connectivity index (χ2n) is 7.85. The molecule has 100 valence electrons. The van der Waals surface area contributed by atoms with Gasteiger partial charge in [0, 0.05) is 5.25 Å². The minimum absolute atomic E-state index is 0.448. The predicted octanol–water partition coefficient (Wildman–Crippen LogP) is 4.69. The zero-order chi connectivity index (χ0) is 13.1. The molecule has 0 aromatic rings. The number of hydrogen-bond donors (Lipinski definition) is 0. The first kappa shape index (κ1) is 12.9. The minimum atomic E-state index is 0.448. The van der Waals surface area contributed by atoms with E-state index in [-0.39, 0.29) is 0 Å². The van der Waals surface area contributed by atoms with Gasteiger partial charge in [-0.15, -0.1) is 0 Å². The molecule has 0 aromatic carbocycles. The molecule has 2 heteroatoms. The Morgan fingerprint density at radius 3 is 2.61 bits per heavy atom. The molecule has 0 heterocycles. The molecule has 4 saturated carbocycles. The van der Waals surface area contributed by atoms with E-state index in [4.69, 9.17) is 0 Å².